The van der Waals surface area contributed by atoms with E-state index in [1.54, 1.807) is 55.6 Å². The third-order valence-corrected chi connectivity index (χ3v) is 7.40. The van der Waals surface area contributed by atoms with Crippen LogP contribution in [0, 0.1) is 6.92 Å². The van der Waals surface area contributed by atoms with Gasteiger partial charge in [0.2, 0.25) is 5.76 Å². The van der Waals surface area contributed by atoms with Gasteiger partial charge in [-0.2, -0.15) is 0 Å². The summed E-state index contributed by atoms with van der Waals surface area (Å²) in [4.78, 5) is 42.0. The van der Waals surface area contributed by atoms with Crippen molar-refractivity contribution in [1.82, 2.24) is 0 Å². The highest BCUT2D eigenvalue weighted by Crippen LogP contribution is 2.43. The molecule has 1 aromatic heterocycles. The van der Waals surface area contributed by atoms with E-state index in [2.05, 4.69) is 6.92 Å². The number of carbonyl (C=O) groups is 2. The van der Waals surface area contributed by atoms with Gasteiger partial charge in [0.1, 0.15) is 5.58 Å². The van der Waals surface area contributed by atoms with E-state index < -0.39 is 17.9 Å². The first-order valence-corrected chi connectivity index (χ1v) is 14.4. The van der Waals surface area contributed by atoms with Gasteiger partial charge in [0.25, 0.3) is 5.91 Å². The molecule has 218 valence electrons. The van der Waals surface area contributed by atoms with Crippen molar-refractivity contribution >= 4 is 28.5 Å². The highest BCUT2D eigenvalue weighted by molar-refractivity contribution is 6.11. The Balaban J connectivity index is 1.61. The molecule has 0 radical (unpaired) electrons. The third kappa shape index (κ3) is 5.49. The molecule has 0 spiro atoms. The minimum Gasteiger partial charge on any atom is -0.493 e. The maximum absolute atomic E-state index is 14.0. The number of carbonyl (C=O) groups excluding carboxylic acids is 2. The lowest BCUT2D eigenvalue weighted by molar-refractivity contribution is 0.0499. The fourth-order valence-electron chi connectivity index (χ4n) is 5.12. The number of fused-ring (bicyclic) bond motifs is 2. The summed E-state index contributed by atoms with van der Waals surface area (Å²) in [6.07, 6.45) is 3.60. The number of hydrogen-bond acceptors (Lipinski definition) is 7. The molecule has 1 aliphatic heterocycles. The van der Waals surface area contributed by atoms with Crippen LogP contribution in [0.5, 0.6) is 11.5 Å². The van der Waals surface area contributed by atoms with E-state index in [0.717, 1.165) is 31.2 Å². The van der Waals surface area contributed by atoms with Crippen molar-refractivity contribution in [3.63, 3.8) is 0 Å². The molecule has 0 saturated heterocycles. The van der Waals surface area contributed by atoms with Crippen LogP contribution >= 0.6 is 0 Å². The highest BCUT2D eigenvalue weighted by atomic mass is 16.5. The summed E-state index contributed by atoms with van der Waals surface area (Å²) in [5.74, 6) is 0.194. The predicted octanol–water partition coefficient (Wildman–Crippen LogP) is 7.00. The Morgan fingerprint density at radius 1 is 0.905 bits per heavy atom. The van der Waals surface area contributed by atoms with Gasteiger partial charge in [-0.25, -0.2) is 4.79 Å². The Bertz CT molecular complexity index is 1670. The molecule has 4 aromatic rings. The van der Waals surface area contributed by atoms with Crippen LogP contribution in [-0.2, 0) is 4.74 Å². The van der Waals surface area contributed by atoms with Gasteiger partial charge in [-0.1, -0.05) is 44.4 Å². The smallest absolute Gasteiger partial charge is 0.338 e. The Morgan fingerprint density at radius 3 is 2.36 bits per heavy atom. The van der Waals surface area contributed by atoms with E-state index in [1.807, 2.05) is 26.0 Å². The summed E-state index contributed by atoms with van der Waals surface area (Å²) in [7, 11) is 1.56. The van der Waals surface area contributed by atoms with E-state index in [4.69, 9.17) is 18.6 Å². The Hall–Kier alpha value is -4.59. The van der Waals surface area contributed by atoms with Gasteiger partial charge in [0, 0.05) is 5.69 Å². The van der Waals surface area contributed by atoms with Gasteiger partial charge < -0.3 is 18.6 Å². The standard InChI is InChI=1S/C34H35NO7/c1-5-7-17-40-27-16-12-23(20-28(27)39-4)30-29-31(36)25-19-21(3)9-15-26(25)42-32(29)33(37)35(30)24-13-10-22(11-14-24)34(38)41-18-8-6-2/h9-16,19-20,30H,5-8,17-18H2,1-4H3. The topological polar surface area (TPSA) is 95.3 Å². The molecule has 8 heteroatoms. The minimum absolute atomic E-state index is 0.00774. The third-order valence-electron chi connectivity index (χ3n) is 7.40. The average molecular weight is 570 g/mol. The molecule has 1 aliphatic rings. The lowest BCUT2D eigenvalue weighted by Gasteiger charge is -2.26. The Labute approximate surface area is 244 Å². The summed E-state index contributed by atoms with van der Waals surface area (Å²) < 4.78 is 23.0. The molecule has 1 atom stereocenters. The number of amides is 1. The number of ether oxygens (including phenoxy) is 3. The molecule has 0 bridgehead atoms. The van der Waals surface area contributed by atoms with Gasteiger partial charge >= 0.3 is 5.97 Å². The molecule has 5 rings (SSSR count). The number of unbranched alkanes of at least 4 members (excludes halogenated alkanes) is 2. The molecule has 3 aromatic carbocycles. The van der Waals surface area contributed by atoms with Crippen LogP contribution in [0.2, 0.25) is 0 Å². The zero-order valence-electron chi connectivity index (χ0n) is 24.4. The van der Waals surface area contributed by atoms with Gasteiger partial charge in [-0.05, 0) is 73.9 Å². The normalized spacial score (nSPS) is 14.2. The van der Waals surface area contributed by atoms with E-state index >= 15 is 0 Å². The van der Waals surface area contributed by atoms with Crippen LogP contribution in [0.1, 0.15) is 83.2 Å². The summed E-state index contributed by atoms with van der Waals surface area (Å²) >= 11 is 0. The zero-order valence-corrected chi connectivity index (χ0v) is 24.4. The lowest BCUT2D eigenvalue weighted by atomic mass is 9.97. The maximum atomic E-state index is 14.0. The second-order valence-corrected chi connectivity index (χ2v) is 10.4. The van der Waals surface area contributed by atoms with Crippen LogP contribution in [-0.4, -0.2) is 32.2 Å². The molecule has 8 nitrogen and oxygen atoms in total. The van der Waals surface area contributed by atoms with Crippen molar-refractivity contribution in [1.29, 1.82) is 0 Å². The predicted molar refractivity (Wildman–Crippen MR) is 161 cm³/mol. The number of hydrogen-bond donors (Lipinski definition) is 0. The molecule has 0 fully saturated rings. The maximum Gasteiger partial charge on any atom is 0.338 e. The first-order chi connectivity index (χ1) is 20.4. The Morgan fingerprint density at radius 2 is 1.64 bits per heavy atom. The first-order valence-electron chi connectivity index (χ1n) is 14.4. The Kier molecular flexibility index (Phi) is 8.61. The summed E-state index contributed by atoms with van der Waals surface area (Å²) in [6.45, 7) is 6.91. The quantitative estimate of drug-likeness (QED) is 0.142. The van der Waals surface area contributed by atoms with Crippen LogP contribution in [0.15, 0.2) is 69.9 Å². The fraction of sp³-hybridized carbons (Fsp3) is 0.324. The number of anilines is 1. The molecule has 1 amide bonds. The molecule has 0 N–H and O–H groups in total. The van der Waals surface area contributed by atoms with Crippen LogP contribution in [0.4, 0.5) is 5.69 Å². The molecule has 0 aliphatic carbocycles. The van der Waals surface area contributed by atoms with E-state index in [0.29, 0.717) is 52.5 Å². The fourth-order valence-corrected chi connectivity index (χ4v) is 5.12. The van der Waals surface area contributed by atoms with Crippen LogP contribution in [0.3, 0.4) is 0 Å². The number of nitrogens with zero attached hydrogens (tertiary/aromatic N) is 1. The second kappa shape index (κ2) is 12.5. The van der Waals surface area contributed by atoms with Gasteiger partial charge in [0.15, 0.2) is 16.9 Å². The molecule has 1 unspecified atom stereocenters. The van der Waals surface area contributed by atoms with Crippen molar-refractivity contribution in [2.24, 2.45) is 0 Å². The zero-order chi connectivity index (χ0) is 29.8. The number of aryl methyl sites for hydroxylation is 1. The minimum atomic E-state index is -0.797. The average Bonchev–Trinajstić information content (AvgIpc) is 3.30. The summed E-state index contributed by atoms with van der Waals surface area (Å²) in [5.41, 5.74) is 2.77. The molecular formula is C34H35NO7. The van der Waals surface area contributed by atoms with Crippen molar-refractivity contribution in [3.05, 3.63) is 98.9 Å². The van der Waals surface area contributed by atoms with Gasteiger partial charge in [-0.3, -0.25) is 14.5 Å². The summed E-state index contributed by atoms with van der Waals surface area (Å²) in [5, 5.41) is 0.407. The van der Waals surface area contributed by atoms with Gasteiger partial charge in [0.05, 0.1) is 42.9 Å². The molecule has 2 heterocycles. The van der Waals surface area contributed by atoms with Crippen molar-refractivity contribution in [2.75, 3.05) is 25.2 Å². The van der Waals surface area contributed by atoms with Gasteiger partial charge in [-0.15, -0.1) is 0 Å². The SMILES string of the molecule is CCCCOC(=O)c1ccc(N2C(=O)c3oc4ccc(C)cc4c(=O)c3C2c2ccc(OCCCC)c(OC)c2)cc1. The van der Waals surface area contributed by atoms with Crippen molar-refractivity contribution in [3.8, 4) is 11.5 Å². The van der Waals surface area contributed by atoms with E-state index in [9.17, 15) is 14.4 Å². The largest absolute Gasteiger partial charge is 0.493 e. The number of rotatable bonds is 11. The highest BCUT2D eigenvalue weighted by Gasteiger charge is 2.44. The van der Waals surface area contributed by atoms with Crippen molar-refractivity contribution < 1.29 is 28.2 Å². The van der Waals surface area contributed by atoms with Crippen LogP contribution in [0.25, 0.3) is 11.0 Å². The summed E-state index contributed by atoms with van der Waals surface area (Å²) in [6, 6.07) is 16.6. The van der Waals surface area contributed by atoms with Crippen molar-refractivity contribution in [2.45, 2.75) is 52.5 Å². The first kappa shape index (κ1) is 28.9. The van der Waals surface area contributed by atoms with E-state index in [1.165, 1.54) is 4.90 Å². The van der Waals surface area contributed by atoms with Crippen LogP contribution < -0.4 is 19.8 Å². The molecular weight excluding hydrogens is 534 g/mol. The monoisotopic (exact) mass is 569 g/mol. The molecule has 42 heavy (non-hydrogen) atoms. The molecule has 0 saturated carbocycles. The second-order valence-electron chi connectivity index (χ2n) is 10.4. The van der Waals surface area contributed by atoms with E-state index in [-0.39, 0.29) is 16.8 Å². The number of esters is 1. The number of benzene rings is 3. The number of methoxy groups -OCH3 is 1. The lowest BCUT2D eigenvalue weighted by Crippen LogP contribution is -2.29.